The van der Waals surface area contributed by atoms with Crippen LogP contribution in [0.25, 0.3) is 0 Å². The maximum Gasteiger partial charge on any atom is 0.225 e. The Labute approximate surface area is 171 Å². The van der Waals surface area contributed by atoms with E-state index in [0.717, 1.165) is 62.2 Å². The number of nitrogens with zero attached hydrogens (tertiary/aromatic N) is 4. The SMILES string of the molecule is CC(c1ccc2c(c1)OCC2)N1CCN(c2ncc3c(n2)CCS(=O)(=O)C3)CC1. The van der Waals surface area contributed by atoms with Gasteiger partial charge in [-0.05, 0) is 24.1 Å². The highest BCUT2D eigenvalue weighted by atomic mass is 32.2. The summed E-state index contributed by atoms with van der Waals surface area (Å²) >= 11 is 0. The highest BCUT2D eigenvalue weighted by molar-refractivity contribution is 7.90. The Morgan fingerprint density at radius 3 is 2.76 bits per heavy atom. The van der Waals surface area contributed by atoms with Crippen LogP contribution in [0.15, 0.2) is 24.4 Å². The molecule has 0 spiro atoms. The van der Waals surface area contributed by atoms with Gasteiger partial charge in [0.2, 0.25) is 5.95 Å². The zero-order valence-corrected chi connectivity index (χ0v) is 17.5. The highest BCUT2D eigenvalue weighted by Crippen LogP contribution is 2.31. The lowest BCUT2D eigenvalue weighted by Gasteiger charge is -2.38. The van der Waals surface area contributed by atoms with Crippen molar-refractivity contribution >= 4 is 15.8 Å². The predicted octanol–water partition coefficient (Wildman–Crippen LogP) is 1.77. The molecule has 3 aliphatic heterocycles. The van der Waals surface area contributed by atoms with Gasteiger partial charge in [-0.1, -0.05) is 12.1 Å². The summed E-state index contributed by atoms with van der Waals surface area (Å²) in [4.78, 5) is 13.8. The third-order valence-electron chi connectivity index (χ3n) is 6.31. The van der Waals surface area contributed by atoms with Crippen molar-refractivity contribution in [2.45, 2.75) is 31.6 Å². The molecule has 0 aliphatic carbocycles. The number of hydrogen-bond acceptors (Lipinski definition) is 7. The van der Waals surface area contributed by atoms with Crippen molar-refractivity contribution in [3.63, 3.8) is 0 Å². The molecule has 0 amide bonds. The Hall–Kier alpha value is -2.19. The Bertz CT molecular complexity index is 1030. The molecule has 1 fully saturated rings. The van der Waals surface area contributed by atoms with Crippen molar-refractivity contribution < 1.29 is 13.2 Å². The number of aryl methyl sites for hydroxylation is 1. The van der Waals surface area contributed by atoms with Crippen molar-refractivity contribution in [3.8, 4) is 5.75 Å². The van der Waals surface area contributed by atoms with Gasteiger partial charge in [0, 0.05) is 56.8 Å². The Kier molecular flexibility index (Phi) is 4.70. The van der Waals surface area contributed by atoms with Gasteiger partial charge in [-0.15, -0.1) is 0 Å². The fourth-order valence-corrected chi connectivity index (χ4v) is 5.81. The lowest BCUT2D eigenvalue weighted by Crippen LogP contribution is -2.47. The van der Waals surface area contributed by atoms with Gasteiger partial charge in [-0.3, -0.25) is 4.90 Å². The van der Waals surface area contributed by atoms with Gasteiger partial charge in [0.1, 0.15) is 5.75 Å². The van der Waals surface area contributed by atoms with E-state index in [1.165, 1.54) is 11.1 Å². The van der Waals surface area contributed by atoms with Crippen LogP contribution in [-0.4, -0.2) is 61.8 Å². The van der Waals surface area contributed by atoms with Crippen molar-refractivity contribution in [1.82, 2.24) is 14.9 Å². The van der Waals surface area contributed by atoms with Crippen molar-refractivity contribution in [2.75, 3.05) is 43.4 Å². The van der Waals surface area contributed by atoms with Crippen molar-refractivity contribution in [3.05, 3.63) is 46.8 Å². The first-order valence-electron chi connectivity index (χ1n) is 10.3. The summed E-state index contributed by atoms with van der Waals surface area (Å²) in [7, 11) is -2.99. The van der Waals surface area contributed by atoms with Gasteiger partial charge in [-0.2, -0.15) is 0 Å². The number of benzene rings is 1. The molecule has 1 unspecified atom stereocenters. The van der Waals surface area contributed by atoms with E-state index in [9.17, 15) is 8.42 Å². The lowest BCUT2D eigenvalue weighted by molar-refractivity contribution is 0.197. The number of rotatable bonds is 3. The standard InChI is InChI=1S/C21H26N4O3S/c1-15(17-3-2-16-4-10-28-20(16)12-17)24-6-8-25(9-7-24)21-22-13-18-14-29(26,27)11-5-19(18)23-21/h2-3,12-13,15H,4-11,14H2,1H3. The molecule has 1 atom stereocenters. The van der Waals surface area contributed by atoms with Gasteiger partial charge >= 0.3 is 0 Å². The normalized spacial score (nSPS) is 21.9. The monoisotopic (exact) mass is 414 g/mol. The lowest BCUT2D eigenvalue weighted by atomic mass is 10.0. The summed E-state index contributed by atoms with van der Waals surface area (Å²) in [5.74, 6) is 2.02. The maximum atomic E-state index is 11.8. The Morgan fingerprint density at radius 1 is 1.10 bits per heavy atom. The number of aromatic nitrogens is 2. The first-order valence-corrected chi connectivity index (χ1v) is 12.1. The fourth-order valence-electron chi connectivity index (χ4n) is 4.45. The number of ether oxygens (including phenoxy) is 1. The third kappa shape index (κ3) is 3.71. The molecule has 0 radical (unpaired) electrons. The van der Waals surface area contributed by atoms with E-state index in [1.54, 1.807) is 6.20 Å². The topological polar surface area (TPSA) is 75.6 Å². The van der Waals surface area contributed by atoms with E-state index in [0.29, 0.717) is 12.5 Å². The molecule has 1 saturated heterocycles. The Morgan fingerprint density at radius 2 is 1.93 bits per heavy atom. The van der Waals surface area contributed by atoms with Crippen molar-refractivity contribution in [2.24, 2.45) is 0 Å². The van der Waals surface area contributed by atoms with Crippen LogP contribution in [0, 0.1) is 0 Å². The third-order valence-corrected chi connectivity index (χ3v) is 7.89. The molecule has 5 rings (SSSR count). The zero-order chi connectivity index (χ0) is 20.0. The summed E-state index contributed by atoms with van der Waals surface area (Å²) in [5.41, 5.74) is 4.25. The van der Waals surface area contributed by atoms with E-state index in [1.807, 2.05) is 0 Å². The maximum absolute atomic E-state index is 11.8. The van der Waals surface area contributed by atoms with Gasteiger partial charge in [0.15, 0.2) is 9.84 Å². The molecule has 3 aliphatic rings. The molecule has 1 aromatic carbocycles. The Balaban J connectivity index is 1.25. The summed E-state index contributed by atoms with van der Waals surface area (Å²) in [5, 5.41) is 0. The minimum absolute atomic E-state index is 0.0679. The quantitative estimate of drug-likeness (QED) is 0.758. The summed E-state index contributed by atoms with van der Waals surface area (Å²) in [6.07, 6.45) is 3.20. The van der Waals surface area contributed by atoms with Gasteiger partial charge in [0.25, 0.3) is 0 Å². The number of piperazine rings is 1. The molecule has 7 nitrogen and oxygen atoms in total. The fraction of sp³-hybridized carbons (Fsp3) is 0.524. The molecule has 0 bridgehead atoms. The zero-order valence-electron chi connectivity index (χ0n) is 16.7. The molecule has 29 heavy (non-hydrogen) atoms. The van der Waals surface area contributed by atoms with E-state index >= 15 is 0 Å². The molecule has 8 heteroatoms. The molecular formula is C21H26N4O3S. The summed E-state index contributed by atoms with van der Waals surface area (Å²) in [6.45, 7) is 6.65. The van der Waals surface area contributed by atoms with Gasteiger partial charge in [0.05, 0.1) is 23.8 Å². The van der Waals surface area contributed by atoms with Gasteiger partial charge < -0.3 is 9.64 Å². The highest BCUT2D eigenvalue weighted by Gasteiger charge is 2.27. The predicted molar refractivity (Wildman–Crippen MR) is 111 cm³/mol. The average Bonchev–Trinajstić information content (AvgIpc) is 3.20. The summed E-state index contributed by atoms with van der Waals surface area (Å²) in [6, 6.07) is 6.96. The van der Waals surface area contributed by atoms with Crippen LogP contribution in [0.5, 0.6) is 5.75 Å². The largest absolute Gasteiger partial charge is 0.493 e. The second-order valence-corrected chi connectivity index (χ2v) is 10.3. The second-order valence-electron chi connectivity index (χ2n) is 8.15. The molecular weight excluding hydrogens is 388 g/mol. The second kappa shape index (κ2) is 7.25. The minimum Gasteiger partial charge on any atom is -0.493 e. The average molecular weight is 415 g/mol. The molecule has 1 aromatic heterocycles. The van der Waals surface area contributed by atoms with Crippen LogP contribution in [0.3, 0.4) is 0 Å². The number of fused-ring (bicyclic) bond motifs is 2. The van der Waals surface area contributed by atoms with Crippen LogP contribution in [0.4, 0.5) is 5.95 Å². The molecule has 2 aromatic rings. The van der Waals surface area contributed by atoms with E-state index < -0.39 is 9.84 Å². The van der Waals surface area contributed by atoms with Crippen LogP contribution in [-0.2, 0) is 28.4 Å². The number of sulfone groups is 1. The minimum atomic E-state index is -2.99. The van der Waals surface area contributed by atoms with Gasteiger partial charge in [-0.25, -0.2) is 18.4 Å². The van der Waals surface area contributed by atoms with E-state index in [-0.39, 0.29) is 11.5 Å². The molecule has 154 valence electrons. The molecule has 0 saturated carbocycles. The number of hydrogen-bond donors (Lipinski definition) is 0. The van der Waals surface area contributed by atoms with E-state index in [4.69, 9.17) is 4.74 Å². The molecule has 4 heterocycles. The smallest absolute Gasteiger partial charge is 0.225 e. The van der Waals surface area contributed by atoms with Crippen molar-refractivity contribution in [1.29, 1.82) is 0 Å². The van der Waals surface area contributed by atoms with Crippen LogP contribution < -0.4 is 9.64 Å². The van der Waals surface area contributed by atoms with Crippen LogP contribution in [0.1, 0.15) is 35.3 Å². The van der Waals surface area contributed by atoms with E-state index in [2.05, 4.69) is 44.9 Å². The van der Waals surface area contributed by atoms with Crippen LogP contribution in [0.2, 0.25) is 0 Å². The first kappa shape index (κ1) is 18.8. The number of anilines is 1. The summed E-state index contributed by atoms with van der Waals surface area (Å²) < 4.78 is 29.3. The molecule has 0 N–H and O–H groups in total. The van der Waals surface area contributed by atoms with Crippen LogP contribution >= 0.6 is 0 Å². The first-order chi connectivity index (χ1) is 14.0.